The standard InChI is InChI=1S/C11H13NS/c12-10(13)8-11(6-7-11)9-4-2-1-3-5-9/h1-5H,6-8H2,(H2,12,13). The summed E-state index contributed by atoms with van der Waals surface area (Å²) in [5.74, 6) is 0. The molecule has 68 valence electrons. The molecule has 0 spiro atoms. The van der Waals surface area contributed by atoms with Gasteiger partial charge in [0.05, 0.1) is 4.99 Å². The predicted molar refractivity (Wildman–Crippen MR) is 58.8 cm³/mol. The zero-order chi connectivity index (χ0) is 9.31. The van der Waals surface area contributed by atoms with Crippen LogP contribution in [-0.2, 0) is 5.41 Å². The lowest BCUT2D eigenvalue weighted by molar-refractivity contribution is 0.731. The Hall–Kier alpha value is -0.890. The Morgan fingerprint density at radius 1 is 1.31 bits per heavy atom. The van der Waals surface area contributed by atoms with Crippen molar-refractivity contribution in [2.75, 3.05) is 0 Å². The van der Waals surface area contributed by atoms with E-state index >= 15 is 0 Å². The Morgan fingerprint density at radius 3 is 2.38 bits per heavy atom. The van der Waals surface area contributed by atoms with Gasteiger partial charge in [0.25, 0.3) is 0 Å². The van der Waals surface area contributed by atoms with Gasteiger partial charge in [-0.1, -0.05) is 42.5 Å². The molecule has 1 fully saturated rings. The second-order valence-electron chi connectivity index (χ2n) is 3.79. The number of hydrogen-bond acceptors (Lipinski definition) is 1. The molecular formula is C11H13NS. The molecule has 2 N–H and O–H groups in total. The summed E-state index contributed by atoms with van der Waals surface area (Å²) in [6.45, 7) is 0. The summed E-state index contributed by atoms with van der Waals surface area (Å²) in [5.41, 5.74) is 7.28. The number of nitrogens with two attached hydrogens (primary N) is 1. The van der Waals surface area contributed by atoms with Crippen molar-refractivity contribution in [3.63, 3.8) is 0 Å². The summed E-state index contributed by atoms with van der Waals surface area (Å²) in [4.78, 5) is 0.640. The van der Waals surface area contributed by atoms with E-state index in [9.17, 15) is 0 Å². The van der Waals surface area contributed by atoms with Crippen molar-refractivity contribution in [1.29, 1.82) is 0 Å². The van der Waals surface area contributed by atoms with E-state index in [1.165, 1.54) is 18.4 Å². The molecule has 1 aliphatic carbocycles. The van der Waals surface area contributed by atoms with Crippen LogP contribution >= 0.6 is 12.2 Å². The second kappa shape index (κ2) is 3.11. The number of rotatable bonds is 3. The Labute approximate surface area is 83.9 Å². The molecule has 0 radical (unpaired) electrons. The van der Waals surface area contributed by atoms with Crippen molar-refractivity contribution in [3.05, 3.63) is 35.9 Å². The highest BCUT2D eigenvalue weighted by Crippen LogP contribution is 2.50. The van der Waals surface area contributed by atoms with Gasteiger partial charge in [-0.15, -0.1) is 0 Å². The largest absolute Gasteiger partial charge is 0.393 e. The van der Waals surface area contributed by atoms with Gasteiger partial charge in [0.2, 0.25) is 0 Å². The fourth-order valence-electron chi connectivity index (χ4n) is 1.84. The van der Waals surface area contributed by atoms with Crippen molar-refractivity contribution in [1.82, 2.24) is 0 Å². The monoisotopic (exact) mass is 191 g/mol. The lowest BCUT2D eigenvalue weighted by Gasteiger charge is -2.13. The molecule has 0 aliphatic heterocycles. The van der Waals surface area contributed by atoms with Crippen molar-refractivity contribution in [2.45, 2.75) is 24.7 Å². The first-order chi connectivity index (χ1) is 6.23. The van der Waals surface area contributed by atoms with E-state index in [1.807, 2.05) is 6.07 Å². The SMILES string of the molecule is NC(=S)CC1(c2ccccc2)CC1. The number of benzene rings is 1. The maximum Gasteiger partial charge on any atom is 0.0736 e. The van der Waals surface area contributed by atoms with Crippen molar-refractivity contribution >= 4 is 17.2 Å². The minimum Gasteiger partial charge on any atom is -0.393 e. The van der Waals surface area contributed by atoms with Crippen LogP contribution in [0.5, 0.6) is 0 Å². The topological polar surface area (TPSA) is 26.0 Å². The molecule has 13 heavy (non-hydrogen) atoms. The zero-order valence-corrected chi connectivity index (χ0v) is 8.31. The average Bonchev–Trinajstić information content (AvgIpc) is 2.86. The molecular weight excluding hydrogens is 178 g/mol. The maximum absolute atomic E-state index is 5.59. The predicted octanol–water partition coefficient (Wildman–Crippen LogP) is 2.39. The van der Waals surface area contributed by atoms with E-state index in [2.05, 4.69) is 24.3 Å². The van der Waals surface area contributed by atoms with Crippen LogP contribution in [-0.4, -0.2) is 4.99 Å². The minimum absolute atomic E-state index is 0.299. The van der Waals surface area contributed by atoms with Crippen LogP contribution in [0.1, 0.15) is 24.8 Å². The van der Waals surface area contributed by atoms with Crippen LogP contribution in [0.25, 0.3) is 0 Å². The summed E-state index contributed by atoms with van der Waals surface area (Å²) < 4.78 is 0. The first-order valence-electron chi connectivity index (χ1n) is 4.57. The molecule has 1 aromatic carbocycles. The molecule has 0 heterocycles. The molecule has 0 bridgehead atoms. The van der Waals surface area contributed by atoms with E-state index in [0.717, 1.165) is 6.42 Å². The molecule has 0 unspecified atom stereocenters. The average molecular weight is 191 g/mol. The normalized spacial score (nSPS) is 18.2. The highest BCUT2D eigenvalue weighted by molar-refractivity contribution is 7.80. The van der Waals surface area contributed by atoms with Crippen molar-refractivity contribution in [3.8, 4) is 0 Å². The van der Waals surface area contributed by atoms with Crippen LogP contribution in [0.4, 0.5) is 0 Å². The number of thiocarbonyl (C=S) groups is 1. The van der Waals surface area contributed by atoms with Crippen LogP contribution < -0.4 is 5.73 Å². The Morgan fingerprint density at radius 2 is 1.92 bits per heavy atom. The minimum atomic E-state index is 0.299. The van der Waals surface area contributed by atoms with Gasteiger partial charge in [-0.3, -0.25) is 0 Å². The smallest absolute Gasteiger partial charge is 0.0736 e. The van der Waals surface area contributed by atoms with E-state index in [1.54, 1.807) is 0 Å². The van der Waals surface area contributed by atoms with Crippen LogP contribution in [0.3, 0.4) is 0 Å². The van der Waals surface area contributed by atoms with Crippen LogP contribution in [0, 0.1) is 0 Å². The van der Waals surface area contributed by atoms with Gasteiger partial charge in [-0.2, -0.15) is 0 Å². The molecule has 2 heteroatoms. The van der Waals surface area contributed by atoms with Crippen LogP contribution in [0.2, 0.25) is 0 Å². The van der Waals surface area contributed by atoms with E-state index in [-0.39, 0.29) is 0 Å². The summed E-state index contributed by atoms with van der Waals surface area (Å²) >= 11 is 4.96. The third-order valence-corrected chi connectivity index (χ3v) is 2.90. The number of hydrogen-bond donors (Lipinski definition) is 1. The van der Waals surface area contributed by atoms with Gasteiger partial charge < -0.3 is 5.73 Å². The molecule has 1 nitrogen and oxygen atoms in total. The highest BCUT2D eigenvalue weighted by atomic mass is 32.1. The van der Waals surface area contributed by atoms with E-state index in [4.69, 9.17) is 18.0 Å². The lowest BCUT2D eigenvalue weighted by atomic mass is 9.93. The molecule has 1 saturated carbocycles. The Bertz CT molecular complexity index is 314. The quantitative estimate of drug-likeness (QED) is 0.742. The first-order valence-corrected chi connectivity index (χ1v) is 4.98. The van der Waals surface area contributed by atoms with E-state index in [0.29, 0.717) is 10.4 Å². The van der Waals surface area contributed by atoms with Gasteiger partial charge in [-0.05, 0) is 18.4 Å². The van der Waals surface area contributed by atoms with Gasteiger partial charge in [0, 0.05) is 11.8 Å². The summed E-state index contributed by atoms with van der Waals surface area (Å²) in [5, 5.41) is 0. The third kappa shape index (κ3) is 1.73. The molecule has 0 atom stereocenters. The van der Waals surface area contributed by atoms with Gasteiger partial charge in [0.1, 0.15) is 0 Å². The molecule has 0 amide bonds. The lowest BCUT2D eigenvalue weighted by Crippen LogP contribution is -2.18. The molecule has 2 rings (SSSR count). The maximum atomic E-state index is 5.59. The van der Waals surface area contributed by atoms with Gasteiger partial charge in [-0.25, -0.2) is 0 Å². The van der Waals surface area contributed by atoms with Gasteiger partial charge in [0.15, 0.2) is 0 Å². The van der Waals surface area contributed by atoms with Crippen molar-refractivity contribution < 1.29 is 0 Å². The third-order valence-electron chi connectivity index (χ3n) is 2.75. The summed E-state index contributed by atoms with van der Waals surface area (Å²) in [6.07, 6.45) is 3.33. The Balaban J connectivity index is 2.21. The van der Waals surface area contributed by atoms with Gasteiger partial charge >= 0.3 is 0 Å². The summed E-state index contributed by atoms with van der Waals surface area (Å²) in [7, 11) is 0. The van der Waals surface area contributed by atoms with E-state index < -0.39 is 0 Å². The van der Waals surface area contributed by atoms with Crippen LogP contribution in [0.15, 0.2) is 30.3 Å². The molecule has 0 saturated heterocycles. The molecule has 0 aromatic heterocycles. The Kier molecular flexibility index (Phi) is 2.08. The fraction of sp³-hybridized carbons (Fsp3) is 0.364. The van der Waals surface area contributed by atoms with Crippen molar-refractivity contribution in [2.24, 2.45) is 5.73 Å². The summed E-state index contributed by atoms with van der Waals surface area (Å²) in [6, 6.07) is 10.5. The first kappa shape index (κ1) is 8.70. The molecule has 1 aliphatic rings. The zero-order valence-electron chi connectivity index (χ0n) is 7.49. The second-order valence-corrected chi connectivity index (χ2v) is 4.31. The fourth-order valence-corrected chi connectivity index (χ4v) is 2.12. The molecule has 1 aromatic rings. The highest BCUT2D eigenvalue weighted by Gasteiger charge is 2.44.